The number of nitrogens with zero attached hydrogens (tertiary/aromatic N) is 1. The highest BCUT2D eigenvalue weighted by Crippen LogP contribution is 2.44. The molecule has 1 fully saturated rings. The Balaban J connectivity index is 1.74. The Bertz CT molecular complexity index is 832. The number of benzene rings is 2. The van der Waals surface area contributed by atoms with E-state index < -0.39 is 11.7 Å². The minimum Gasteiger partial charge on any atom is -0.374 e. The molecule has 0 bridgehead atoms. The lowest BCUT2D eigenvalue weighted by Gasteiger charge is -2.37. The van der Waals surface area contributed by atoms with Crippen molar-refractivity contribution in [3.05, 3.63) is 53.1 Å². The van der Waals surface area contributed by atoms with Crippen LogP contribution in [0.4, 0.5) is 30.2 Å². The summed E-state index contributed by atoms with van der Waals surface area (Å²) in [5, 5.41) is 6.45. The van der Waals surface area contributed by atoms with Gasteiger partial charge in [-0.2, -0.15) is 13.2 Å². The summed E-state index contributed by atoms with van der Waals surface area (Å²) in [5.41, 5.74) is 3.67. The van der Waals surface area contributed by atoms with Crippen molar-refractivity contribution < 1.29 is 13.2 Å². The molecule has 2 aromatic carbocycles. The van der Waals surface area contributed by atoms with E-state index >= 15 is 0 Å². The van der Waals surface area contributed by atoms with Crippen LogP contribution in [-0.4, -0.2) is 26.7 Å². The molecule has 0 spiro atoms. The average Bonchev–Trinajstić information content (AvgIpc) is 3.02. The number of aryl methyl sites for hydroxylation is 1. The van der Waals surface area contributed by atoms with Crippen molar-refractivity contribution in [3.8, 4) is 0 Å². The summed E-state index contributed by atoms with van der Waals surface area (Å²) in [5.74, 6) is 0.962. The van der Waals surface area contributed by atoms with Gasteiger partial charge in [0, 0.05) is 44.0 Å². The molecule has 2 aliphatic rings. The summed E-state index contributed by atoms with van der Waals surface area (Å²) in [6.45, 7) is 4.95. The van der Waals surface area contributed by atoms with Gasteiger partial charge in [-0.3, -0.25) is 0 Å². The zero-order valence-electron chi connectivity index (χ0n) is 14.8. The molecule has 26 heavy (non-hydrogen) atoms. The number of hydrogen-bond donors (Lipinski definition) is 2. The molecule has 0 amide bonds. The molecule has 4 rings (SSSR count). The third-order valence-corrected chi connectivity index (χ3v) is 5.47. The van der Waals surface area contributed by atoms with E-state index in [4.69, 9.17) is 0 Å². The maximum absolute atomic E-state index is 13.3. The summed E-state index contributed by atoms with van der Waals surface area (Å²) < 4.78 is 39.8. The van der Waals surface area contributed by atoms with Crippen LogP contribution >= 0.6 is 0 Å². The van der Waals surface area contributed by atoms with Gasteiger partial charge in [-0.15, -0.1) is 0 Å². The van der Waals surface area contributed by atoms with Crippen LogP contribution in [-0.2, 0) is 6.18 Å². The fourth-order valence-corrected chi connectivity index (χ4v) is 4.41. The van der Waals surface area contributed by atoms with E-state index in [1.807, 2.05) is 19.1 Å². The minimum atomic E-state index is -4.38. The topological polar surface area (TPSA) is 27.3 Å². The summed E-state index contributed by atoms with van der Waals surface area (Å²) >= 11 is 0. The van der Waals surface area contributed by atoms with Crippen molar-refractivity contribution in [2.75, 3.05) is 36.9 Å². The van der Waals surface area contributed by atoms with Crippen LogP contribution in [0.1, 0.15) is 22.6 Å². The van der Waals surface area contributed by atoms with E-state index in [-0.39, 0.29) is 5.69 Å². The largest absolute Gasteiger partial charge is 0.418 e. The average molecular weight is 361 g/mol. The number of fused-ring (bicyclic) bond motifs is 3. The molecular weight excluding hydrogens is 339 g/mol. The van der Waals surface area contributed by atoms with Crippen LogP contribution in [0.2, 0.25) is 0 Å². The lowest BCUT2D eigenvalue weighted by molar-refractivity contribution is -0.136. The molecule has 0 saturated carbocycles. The highest BCUT2D eigenvalue weighted by atomic mass is 19.4. The van der Waals surface area contributed by atoms with E-state index in [9.17, 15) is 13.2 Å². The molecular formula is C20H22F3N3. The third kappa shape index (κ3) is 2.92. The molecule has 2 heterocycles. The fraction of sp³-hybridized carbons (Fsp3) is 0.400. The van der Waals surface area contributed by atoms with Crippen LogP contribution in [0.5, 0.6) is 0 Å². The van der Waals surface area contributed by atoms with E-state index in [0.717, 1.165) is 31.3 Å². The van der Waals surface area contributed by atoms with Crippen molar-refractivity contribution in [2.24, 2.45) is 5.92 Å². The molecule has 2 aromatic rings. The molecule has 0 unspecified atom stereocenters. The zero-order chi connectivity index (χ0) is 18.5. The number of anilines is 3. The molecule has 3 nitrogen and oxygen atoms in total. The first kappa shape index (κ1) is 17.2. The van der Waals surface area contributed by atoms with Gasteiger partial charge in [0.15, 0.2) is 0 Å². The van der Waals surface area contributed by atoms with Crippen molar-refractivity contribution in [2.45, 2.75) is 19.0 Å². The fourth-order valence-electron chi connectivity index (χ4n) is 4.41. The highest BCUT2D eigenvalue weighted by Gasteiger charge is 2.37. The lowest BCUT2D eigenvalue weighted by Crippen LogP contribution is -2.35. The Morgan fingerprint density at radius 2 is 1.92 bits per heavy atom. The predicted octanol–water partition coefficient (Wildman–Crippen LogP) is 4.51. The van der Waals surface area contributed by atoms with Crippen molar-refractivity contribution in [1.29, 1.82) is 0 Å². The van der Waals surface area contributed by atoms with E-state index in [2.05, 4.69) is 22.6 Å². The zero-order valence-corrected chi connectivity index (χ0v) is 14.8. The van der Waals surface area contributed by atoms with Gasteiger partial charge >= 0.3 is 6.18 Å². The second-order valence-corrected chi connectivity index (χ2v) is 7.30. The van der Waals surface area contributed by atoms with Gasteiger partial charge in [0.25, 0.3) is 0 Å². The van der Waals surface area contributed by atoms with Gasteiger partial charge in [-0.05, 0) is 48.2 Å². The number of para-hydroxylation sites is 1. The first-order valence-electron chi connectivity index (χ1n) is 8.84. The molecule has 138 valence electrons. The van der Waals surface area contributed by atoms with E-state index in [0.29, 0.717) is 17.5 Å². The molecule has 0 aliphatic carbocycles. The summed E-state index contributed by atoms with van der Waals surface area (Å²) in [6, 6.07) is 9.58. The van der Waals surface area contributed by atoms with Crippen molar-refractivity contribution >= 4 is 17.1 Å². The summed E-state index contributed by atoms with van der Waals surface area (Å²) in [4.78, 5) is 2.27. The molecule has 6 heteroatoms. The molecule has 0 aromatic heterocycles. The first-order valence-corrected chi connectivity index (χ1v) is 8.84. The SMILES string of the molecule is Cc1cc(Nc2ccccc2C(F)(F)F)cc2c1N(C)C[C@H]1CNC[C@@H]21. The minimum absolute atomic E-state index is 0.0876. The first-order chi connectivity index (χ1) is 12.3. The third-order valence-electron chi connectivity index (χ3n) is 5.47. The van der Waals surface area contributed by atoms with Gasteiger partial charge in [0.05, 0.1) is 11.3 Å². The number of alkyl halides is 3. The number of hydrogen-bond acceptors (Lipinski definition) is 3. The summed E-state index contributed by atoms with van der Waals surface area (Å²) in [6.07, 6.45) is -4.38. The van der Waals surface area contributed by atoms with Gasteiger partial charge in [0.1, 0.15) is 0 Å². The van der Waals surface area contributed by atoms with Gasteiger partial charge in [-0.25, -0.2) is 0 Å². The Morgan fingerprint density at radius 1 is 1.15 bits per heavy atom. The van der Waals surface area contributed by atoms with Gasteiger partial charge < -0.3 is 15.5 Å². The van der Waals surface area contributed by atoms with E-state index in [1.54, 1.807) is 6.07 Å². The Hall–Kier alpha value is -2.21. The molecule has 0 radical (unpaired) electrons. The second kappa shape index (κ2) is 6.20. The van der Waals surface area contributed by atoms with Crippen molar-refractivity contribution in [1.82, 2.24) is 5.32 Å². The standard InChI is InChI=1S/C20H22F3N3/c1-12-7-14(25-18-6-4-3-5-17(18)20(21,22)23)8-15-16-10-24-9-13(16)11-26(2)19(12)15/h3-8,13,16,24-25H,9-11H2,1-2H3/t13-,16-/m1/s1. The number of rotatable bonds is 2. The van der Waals surface area contributed by atoms with Gasteiger partial charge in [-0.1, -0.05) is 12.1 Å². The second-order valence-electron chi connectivity index (χ2n) is 7.30. The smallest absolute Gasteiger partial charge is 0.374 e. The number of halogens is 3. The van der Waals surface area contributed by atoms with Crippen molar-refractivity contribution in [3.63, 3.8) is 0 Å². The Morgan fingerprint density at radius 3 is 2.69 bits per heavy atom. The quantitative estimate of drug-likeness (QED) is 0.824. The Labute approximate surface area is 151 Å². The molecule has 2 N–H and O–H groups in total. The van der Waals surface area contributed by atoms with Crippen LogP contribution in [0, 0.1) is 12.8 Å². The van der Waals surface area contributed by atoms with E-state index in [1.165, 1.54) is 23.4 Å². The van der Waals surface area contributed by atoms with Crippen LogP contribution in [0.15, 0.2) is 36.4 Å². The Kier molecular flexibility index (Phi) is 4.10. The number of nitrogens with one attached hydrogen (secondary N) is 2. The van der Waals surface area contributed by atoms with Crippen LogP contribution in [0.3, 0.4) is 0 Å². The lowest BCUT2D eigenvalue weighted by atomic mass is 9.82. The molecule has 1 saturated heterocycles. The van der Waals surface area contributed by atoms with Crippen LogP contribution in [0.25, 0.3) is 0 Å². The maximum Gasteiger partial charge on any atom is 0.418 e. The van der Waals surface area contributed by atoms with Gasteiger partial charge in [0.2, 0.25) is 0 Å². The normalized spacial score (nSPS) is 22.1. The predicted molar refractivity (Wildman–Crippen MR) is 98.3 cm³/mol. The van der Waals surface area contributed by atoms with Crippen LogP contribution < -0.4 is 15.5 Å². The molecule has 2 atom stereocenters. The maximum atomic E-state index is 13.3. The molecule has 2 aliphatic heterocycles. The highest BCUT2D eigenvalue weighted by molar-refractivity contribution is 5.72. The summed E-state index contributed by atoms with van der Waals surface area (Å²) in [7, 11) is 2.09. The monoisotopic (exact) mass is 361 g/mol.